The Kier molecular flexibility index (Phi) is 6.46. The lowest BCUT2D eigenvalue weighted by Gasteiger charge is -2.36. The van der Waals surface area contributed by atoms with Gasteiger partial charge in [-0.2, -0.15) is 13.2 Å². The quantitative estimate of drug-likeness (QED) is 0.648. The molecule has 34 heavy (non-hydrogen) atoms. The van der Waals surface area contributed by atoms with Crippen molar-refractivity contribution in [3.63, 3.8) is 0 Å². The number of benzene rings is 2. The predicted molar refractivity (Wildman–Crippen MR) is 120 cm³/mol. The number of likely N-dealkylation sites (tertiary alicyclic amines) is 1. The molecule has 0 aliphatic carbocycles. The Bertz CT molecular complexity index is 1200. The molecule has 2 aromatic rings. The number of rotatable bonds is 3. The molecule has 0 atom stereocenters. The number of aryl methyl sites for hydroxylation is 1. The van der Waals surface area contributed by atoms with E-state index in [4.69, 9.17) is 0 Å². The Morgan fingerprint density at radius 1 is 0.971 bits per heavy atom. The minimum Gasteiger partial charge on any atom is -0.339 e. The molecular weight excluding hydrogens is 469 g/mol. The smallest absolute Gasteiger partial charge is 0.339 e. The van der Waals surface area contributed by atoms with Crippen LogP contribution in [0.2, 0.25) is 0 Å². The minimum atomic E-state index is -4.46. The van der Waals surface area contributed by atoms with Crippen molar-refractivity contribution >= 4 is 27.3 Å². The molecule has 2 aliphatic rings. The zero-order chi connectivity index (χ0) is 24.7. The molecule has 0 radical (unpaired) electrons. The number of anilines is 1. The highest BCUT2D eigenvalue weighted by atomic mass is 32.2. The Morgan fingerprint density at radius 2 is 1.62 bits per heavy atom. The number of piperidine rings is 1. The monoisotopic (exact) mass is 494 g/mol. The summed E-state index contributed by atoms with van der Waals surface area (Å²) in [6.45, 7) is 1.22. The van der Waals surface area contributed by atoms with E-state index in [0.29, 0.717) is 38.9 Å². The number of hydrogen-bond acceptors (Lipinski definition) is 4. The Morgan fingerprint density at radius 3 is 2.21 bits per heavy atom. The molecule has 2 heterocycles. The topological polar surface area (TPSA) is 74.8 Å². The second-order valence-corrected chi connectivity index (χ2v) is 10.8. The molecule has 4 rings (SSSR count). The lowest BCUT2D eigenvalue weighted by molar-refractivity contribution is -0.137. The molecule has 182 valence electrons. The van der Waals surface area contributed by atoms with Gasteiger partial charge in [-0.25, -0.2) is 8.42 Å². The minimum absolute atomic E-state index is 0.0466. The van der Waals surface area contributed by atoms with Gasteiger partial charge in [0.05, 0.1) is 10.5 Å². The van der Waals surface area contributed by atoms with Crippen LogP contribution in [0.15, 0.2) is 47.4 Å². The van der Waals surface area contributed by atoms with Crippen LogP contribution in [0.3, 0.4) is 0 Å². The largest absolute Gasteiger partial charge is 0.416 e. The summed E-state index contributed by atoms with van der Waals surface area (Å²) in [5, 5.41) is 0. The maximum atomic E-state index is 13.3. The molecule has 0 unspecified atom stereocenters. The van der Waals surface area contributed by atoms with Crippen LogP contribution >= 0.6 is 0 Å². The summed E-state index contributed by atoms with van der Waals surface area (Å²) in [4.78, 5) is 29.5. The van der Waals surface area contributed by atoms with Crippen LogP contribution in [0.25, 0.3) is 0 Å². The van der Waals surface area contributed by atoms with Crippen molar-refractivity contribution in [3.05, 3.63) is 59.2 Å². The van der Waals surface area contributed by atoms with Crippen molar-refractivity contribution < 1.29 is 31.2 Å². The standard InChI is InChI=1S/C24H25F3N2O4S/c1-34(32,33)20-8-9-21-18(15-20)3-2-12-29(21)23(31)17-10-13-28(14-11-17)22(30)16-4-6-19(7-5-16)24(25,26)27/h4-9,15,17H,2-3,10-14H2,1H3. The van der Waals surface area contributed by atoms with Gasteiger partial charge in [-0.3, -0.25) is 9.59 Å². The second kappa shape index (κ2) is 9.05. The van der Waals surface area contributed by atoms with Crippen LogP contribution in [0.5, 0.6) is 0 Å². The van der Waals surface area contributed by atoms with Crippen LogP contribution in [0, 0.1) is 5.92 Å². The Labute approximate surface area is 196 Å². The number of sulfone groups is 1. The first-order chi connectivity index (χ1) is 15.9. The summed E-state index contributed by atoms with van der Waals surface area (Å²) in [5.41, 5.74) is 0.938. The highest BCUT2D eigenvalue weighted by molar-refractivity contribution is 7.90. The molecular formula is C24H25F3N2O4S. The molecule has 1 saturated heterocycles. The number of alkyl halides is 3. The molecule has 6 nitrogen and oxygen atoms in total. The van der Waals surface area contributed by atoms with Gasteiger partial charge in [-0.1, -0.05) is 0 Å². The maximum absolute atomic E-state index is 13.3. The molecule has 2 amide bonds. The first-order valence-electron chi connectivity index (χ1n) is 11.1. The van der Waals surface area contributed by atoms with Gasteiger partial charge in [0, 0.05) is 43.1 Å². The molecule has 2 aliphatic heterocycles. The number of hydrogen-bond donors (Lipinski definition) is 0. The van der Waals surface area contributed by atoms with E-state index < -0.39 is 21.6 Å². The van der Waals surface area contributed by atoms with E-state index >= 15 is 0 Å². The van der Waals surface area contributed by atoms with E-state index in [-0.39, 0.29) is 28.2 Å². The second-order valence-electron chi connectivity index (χ2n) is 8.80. The third kappa shape index (κ3) is 4.96. The van der Waals surface area contributed by atoms with Crippen LogP contribution in [-0.2, 0) is 27.2 Å². The van der Waals surface area contributed by atoms with Crippen molar-refractivity contribution in [2.75, 3.05) is 30.8 Å². The van der Waals surface area contributed by atoms with Crippen LogP contribution < -0.4 is 4.90 Å². The predicted octanol–water partition coefficient (Wildman–Crippen LogP) is 3.94. The van der Waals surface area contributed by atoms with E-state index in [2.05, 4.69) is 0 Å². The summed E-state index contributed by atoms with van der Waals surface area (Å²) in [6.07, 6.45) is -0.962. The summed E-state index contributed by atoms with van der Waals surface area (Å²) < 4.78 is 62.0. The molecule has 0 aromatic heterocycles. The molecule has 0 saturated carbocycles. The third-order valence-corrected chi connectivity index (χ3v) is 7.56. The van der Waals surface area contributed by atoms with Gasteiger partial charge in [0.1, 0.15) is 0 Å². The van der Waals surface area contributed by atoms with Gasteiger partial charge in [0.15, 0.2) is 9.84 Å². The van der Waals surface area contributed by atoms with Crippen molar-refractivity contribution in [3.8, 4) is 0 Å². The van der Waals surface area contributed by atoms with Crippen LogP contribution in [-0.4, -0.2) is 51.0 Å². The highest BCUT2D eigenvalue weighted by Gasteiger charge is 2.34. The molecule has 10 heteroatoms. The maximum Gasteiger partial charge on any atom is 0.416 e. The number of carbonyl (C=O) groups is 2. The molecule has 0 spiro atoms. The molecule has 0 bridgehead atoms. The first-order valence-corrected chi connectivity index (χ1v) is 12.9. The van der Waals surface area contributed by atoms with Crippen molar-refractivity contribution in [2.45, 2.75) is 36.8 Å². The van der Waals surface area contributed by atoms with E-state index in [1.165, 1.54) is 18.2 Å². The van der Waals surface area contributed by atoms with Crippen LogP contribution in [0.4, 0.5) is 18.9 Å². The lowest BCUT2D eigenvalue weighted by Crippen LogP contribution is -2.45. The fourth-order valence-corrected chi connectivity index (χ4v) is 5.24. The van der Waals surface area contributed by atoms with Gasteiger partial charge >= 0.3 is 6.18 Å². The van der Waals surface area contributed by atoms with Gasteiger partial charge < -0.3 is 9.80 Å². The number of nitrogens with zero attached hydrogens (tertiary/aromatic N) is 2. The number of fused-ring (bicyclic) bond motifs is 1. The number of halogens is 3. The fourth-order valence-electron chi connectivity index (χ4n) is 4.57. The molecule has 0 N–H and O–H groups in total. The first kappa shape index (κ1) is 24.3. The normalized spacial score (nSPS) is 17.4. The summed E-state index contributed by atoms with van der Waals surface area (Å²) >= 11 is 0. The van der Waals surface area contributed by atoms with Gasteiger partial charge in [-0.05, 0) is 73.7 Å². The Hall–Kier alpha value is -2.88. The third-order valence-electron chi connectivity index (χ3n) is 6.45. The average Bonchev–Trinajstić information content (AvgIpc) is 2.81. The zero-order valence-electron chi connectivity index (χ0n) is 18.6. The Balaban J connectivity index is 1.41. The van der Waals surface area contributed by atoms with E-state index in [1.807, 2.05) is 0 Å². The number of carbonyl (C=O) groups excluding carboxylic acids is 2. The summed E-state index contributed by atoms with van der Waals surface area (Å²) in [5.74, 6) is -0.678. The lowest BCUT2D eigenvalue weighted by atomic mass is 9.92. The molecule has 1 fully saturated rings. The molecule has 2 aromatic carbocycles. The van der Waals surface area contributed by atoms with Crippen LogP contribution in [0.1, 0.15) is 40.7 Å². The summed E-state index contributed by atoms with van der Waals surface area (Å²) in [6, 6.07) is 8.99. The van der Waals surface area contributed by atoms with Crippen molar-refractivity contribution in [1.82, 2.24) is 4.90 Å². The fraction of sp³-hybridized carbons (Fsp3) is 0.417. The van der Waals surface area contributed by atoms with Gasteiger partial charge in [0.25, 0.3) is 5.91 Å². The van der Waals surface area contributed by atoms with E-state index in [1.54, 1.807) is 21.9 Å². The summed E-state index contributed by atoms with van der Waals surface area (Å²) in [7, 11) is -3.34. The van der Waals surface area contributed by atoms with Crippen molar-refractivity contribution in [1.29, 1.82) is 0 Å². The number of amides is 2. The highest BCUT2D eigenvalue weighted by Crippen LogP contribution is 2.33. The van der Waals surface area contributed by atoms with Crippen molar-refractivity contribution in [2.24, 2.45) is 5.92 Å². The van der Waals surface area contributed by atoms with E-state index in [0.717, 1.165) is 36.1 Å². The van der Waals surface area contributed by atoms with E-state index in [9.17, 15) is 31.2 Å². The van der Waals surface area contributed by atoms with Gasteiger partial charge in [-0.15, -0.1) is 0 Å². The SMILES string of the molecule is CS(=O)(=O)c1ccc2c(c1)CCCN2C(=O)C1CCN(C(=O)c2ccc(C(F)(F)F)cc2)CC1. The zero-order valence-corrected chi connectivity index (χ0v) is 19.5. The average molecular weight is 495 g/mol. The van der Waals surface area contributed by atoms with Gasteiger partial charge in [0.2, 0.25) is 5.91 Å².